The molecule has 1 atom stereocenters. The van der Waals surface area contributed by atoms with Crippen LogP contribution in [0.5, 0.6) is 6.01 Å². The van der Waals surface area contributed by atoms with Gasteiger partial charge in [-0.15, -0.1) is 0 Å². The Labute approximate surface area is 152 Å². The first-order chi connectivity index (χ1) is 12.3. The first-order valence-electron chi connectivity index (χ1n) is 7.94. The Morgan fingerprint density at radius 2 is 2.12 bits per heavy atom. The molecule has 9 heteroatoms. The topological polar surface area (TPSA) is 55.3 Å². The van der Waals surface area contributed by atoms with Crippen molar-refractivity contribution in [3.05, 3.63) is 52.8 Å². The summed E-state index contributed by atoms with van der Waals surface area (Å²) in [4.78, 5) is 21.3. The third-order valence-corrected chi connectivity index (χ3v) is 4.17. The second kappa shape index (κ2) is 7.49. The number of ether oxygens (including phenoxy) is 1. The van der Waals surface area contributed by atoms with E-state index in [2.05, 4.69) is 9.97 Å². The van der Waals surface area contributed by atoms with Crippen molar-refractivity contribution in [3.8, 4) is 6.01 Å². The number of halogens is 4. The molecule has 138 valence electrons. The van der Waals surface area contributed by atoms with Crippen LogP contribution in [0.2, 0.25) is 5.02 Å². The van der Waals surface area contributed by atoms with Crippen LogP contribution in [0.3, 0.4) is 0 Å². The van der Waals surface area contributed by atoms with Crippen LogP contribution in [0.15, 0.2) is 36.5 Å². The molecule has 1 aromatic carbocycles. The lowest BCUT2D eigenvalue weighted by atomic mass is 10.1. The summed E-state index contributed by atoms with van der Waals surface area (Å²) in [5.74, 6) is -0.203. The number of aromatic nitrogens is 2. The number of hydrogen-bond donors (Lipinski definition) is 0. The number of likely N-dealkylation sites (tertiary alicyclic amines) is 1. The third kappa shape index (κ3) is 4.43. The third-order valence-electron chi connectivity index (χ3n) is 3.93. The molecular weight excluding hydrogens is 371 g/mol. The smallest absolute Gasteiger partial charge is 0.433 e. The van der Waals surface area contributed by atoms with Crippen molar-refractivity contribution in [2.24, 2.45) is 0 Å². The maximum absolute atomic E-state index is 12.7. The minimum absolute atomic E-state index is 0.203. The number of piperidine rings is 1. The maximum atomic E-state index is 12.7. The van der Waals surface area contributed by atoms with Crippen LogP contribution in [-0.4, -0.2) is 40.0 Å². The molecular formula is C17H15ClF3N3O2. The lowest BCUT2D eigenvalue weighted by Gasteiger charge is -2.32. The number of hydrogen-bond acceptors (Lipinski definition) is 4. The monoisotopic (exact) mass is 385 g/mol. The summed E-state index contributed by atoms with van der Waals surface area (Å²) in [6, 6.07) is 7.03. The van der Waals surface area contributed by atoms with Crippen LogP contribution >= 0.6 is 11.6 Å². The number of carbonyl (C=O) groups is 1. The molecule has 26 heavy (non-hydrogen) atoms. The van der Waals surface area contributed by atoms with Crippen LogP contribution in [0.4, 0.5) is 13.2 Å². The van der Waals surface area contributed by atoms with Crippen LogP contribution < -0.4 is 4.74 Å². The highest BCUT2D eigenvalue weighted by molar-refractivity contribution is 6.30. The average molecular weight is 386 g/mol. The molecule has 0 N–H and O–H groups in total. The first kappa shape index (κ1) is 18.4. The van der Waals surface area contributed by atoms with Gasteiger partial charge in [0.05, 0.1) is 6.54 Å². The molecule has 0 spiro atoms. The van der Waals surface area contributed by atoms with Gasteiger partial charge in [-0.25, -0.2) is 4.98 Å². The van der Waals surface area contributed by atoms with E-state index in [9.17, 15) is 18.0 Å². The molecule has 2 aromatic rings. The van der Waals surface area contributed by atoms with Crippen LogP contribution in [-0.2, 0) is 6.18 Å². The van der Waals surface area contributed by atoms with Gasteiger partial charge in [-0.1, -0.05) is 17.7 Å². The first-order valence-corrected chi connectivity index (χ1v) is 8.32. The Kier molecular flexibility index (Phi) is 5.31. The zero-order valence-electron chi connectivity index (χ0n) is 13.5. The molecule has 0 radical (unpaired) electrons. The molecule has 1 aliphatic rings. The van der Waals surface area contributed by atoms with Gasteiger partial charge in [0.2, 0.25) is 0 Å². The number of benzene rings is 1. The molecule has 1 amide bonds. The lowest BCUT2D eigenvalue weighted by molar-refractivity contribution is -0.141. The summed E-state index contributed by atoms with van der Waals surface area (Å²) >= 11 is 5.91. The Bertz CT molecular complexity index is 801. The average Bonchev–Trinajstić information content (AvgIpc) is 2.61. The maximum Gasteiger partial charge on any atom is 0.433 e. The second-order valence-corrected chi connectivity index (χ2v) is 6.30. The largest absolute Gasteiger partial charge is 0.458 e. The molecule has 1 saturated heterocycles. The van der Waals surface area contributed by atoms with Gasteiger partial charge in [-0.05, 0) is 37.1 Å². The van der Waals surface area contributed by atoms with Gasteiger partial charge in [-0.3, -0.25) is 4.79 Å². The van der Waals surface area contributed by atoms with E-state index in [1.54, 1.807) is 29.2 Å². The highest BCUT2D eigenvalue weighted by Gasteiger charge is 2.33. The molecule has 5 nitrogen and oxygen atoms in total. The fraction of sp³-hybridized carbons (Fsp3) is 0.353. The highest BCUT2D eigenvalue weighted by Crippen LogP contribution is 2.28. The van der Waals surface area contributed by atoms with Crippen molar-refractivity contribution in [2.45, 2.75) is 25.1 Å². The summed E-state index contributed by atoms with van der Waals surface area (Å²) in [5, 5.41) is 0.457. The van der Waals surface area contributed by atoms with Crippen molar-refractivity contribution in [3.63, 3.8) is 0 Å². The zero-order valence-corrected chi connectivity index (χ0v) is 14.3. The molecule has 0 aliphatic carbocycles. The number of nitrogens with zero attached hydrogens (tertiary/aromatic N) is 3. The fourth-order valence-electron chi connectivity index (χ4n) is 2.73. The van der Waals surface area contributed by atoms with Crippen molar-refractivity contribution in [1.29, 1.82) is 0 Å². The van der Waals surface area contributed by atoms with E-state index in [1.165, 1.54) is 0 Å². The van der Waals surface area contributed by atoms with E-state index in [0.29, 0.717) is 30.0 Å². The molecule has 2 heterocycles. The van der Waals surface area contributed by atoms with Gasteiger partial charge in [0.25, 0.3) is 5.91 Å². The molecule has 3 rings (SSSR count). The Morgan fingerprint density at radius 1 is 1.31 bits per heavy atom. The zero-order chi connectivity index (χ0) is 18.7. The molecule has 1 unspecified atom stereocenters. The summed E-state index contributed by atoms with van der Waals surface area (Å²) < 4.78 is 43.7. The van der Waals surface area contributed by atoms with Crippen molar-refractivity contribution in [1.82, 2.24) is 14.9 Å². The van der Waals surface area contributed by atoms with E-state index < -0.39 is 18.0 Å². The fourth-order valence-corrected chi connectivity index (χ4v) is 2.92. The molecule has 0 bridgehead atoms. The Morgan fingerprint density at radius 3 is 2.85 bits per heavy atom. The van der Waals surface area contributed by atoms with E-state index in [-0.39, 0.29) is 18.5 Å². The van der Waals surface area contributed by atoms with Gasteiger partial charge in [0.1, 0.15) is 6.10 Å². The van der Waals surface area contributed by atoms with Crippen LogP contribution in [0, 0.1) is 0 Å². The predicted molar refractivity (Wildman–Crippen MR) is 88.0 cm³/mol. The lowest BCUT2D eigenvalue weighted by Crippen LogP contribution is -2.44. The summed E-state index contributed by atoms with van der Waals surface area (Å²) in [5.41, 5.74) is -0.612. The Hall–Kier alpha value is -2.35. The number of amides is 1. The molecule has 1 aromatic heterocycles. The summed E-state index contributed by atoms with van der Waals surface area (Å²) in [7, 11) is 0. The van der Waals surface area contributed by atoms with E-state index in [4.69, 9.17) is 16.3 Å². The predicted octanol–water partition coefficient (Wildman–Crippen LogP) is 3.83. The number of carbonyl (C=O) groups excluding carboxylic acids is 1. The van der Waals surface area contributed by atoms with Gasteiger partial charge < -0.3 is 9.64 Å². The second-order valence-electron chi connectivity index (χ2n) is 5.87. The SMILES string of the molecule is O=C(c1cccc(Cl)c1)N1CCCC(Oc2nccc(C(F)(F)F)n2)C1. The van der Waals surface area contributed by atoms with Gasteiger partial charge in [0, 0.05) is 23.3 Å². The molecule has 1 aliphatic heterocycles. The van der Waals surface area contributed by atoms with Gasteiger partial charge >= 0.3 is 12.2 Å². The quantitative estimate of drug-likeness (QED) is 0.805. The standard InChI is InChI=1S/C17H15ClF3N3O2/c18-12-4-1-3-11(9-12)15(25)24-8-2-5-13(10-24)26-16-22-7-6-14(23-16)17(19,20)21/h1,3-4,6-7,9,13H,2,5,8,10H2. The van der Waals surface area contributed by atoms with E-state index in [1.807, 2.05) is 0 Å². The van der Waals surface area contributed by atoms with Crippen molar-refractivity contribution in [2.75, 3.05) is 13.1 Å². The number of rotatable bonds is 3. The molecule has 0 saturated carbocycles. The van der Waals surface area contributed by atoms with Gasteiger partial charge in [0.15, 0.2) is 5.69 Å². The molecule has 1 fully saturated rings. The van der Waals surface area contributed by atoms with Crippen LogP contribution in [0.1, 0.15) is 28.9 Å². The minimum Gasteiger partial charge on any atom is -0.458 e. The minimum atomic E-state index is -4.57. The van der Waals surface area contributed by atoms with E-state index >= 15 is 0 Å². The Balaban J connectivity index is 1.68. The van der Waals surface area contributed by atoms with Gasteiger partial charge in [-0.2, -0.15) is 18.2 Å². The number of alkyl halides is 3. The van der Waals surface area contributed by atoms with E-state index in [0.717, 1.165) is 12.3 Å². The highest BCUT2D eigenvalue weighted by atomic mass is 35.5. The normalized spacial score (nSPS) is 17.8. The summed E-state index contributed by atoms with van der Waals surface area (Å²) in [6.45, 7) is 0.777. The summed E-state index contributed by atoms with van der Waals surface area (Å²) in [6.07, 6.45) is -2.78. The van der Waals surface area contributed by atoms with Crippen molar-refractivity contribution >= 4 is 17.5 Å². The van der Waals surface area contributed by atoms with Crippen LogP contribution in [0.25, 0.3) is 0 Å². The van der Waals surface area contributed by atoms with Crippen molar-refractivity contribution < 1.29 is 22.7 Å².